The van der Waals surface area contributed by atoms with Crippen LogP contribution in [0, 0.1) is 6.92 Å². The van der Waals surface area contributed by atoms with Gasteiger partial charge in [-0.25, -0.2) is 14.8 Å². The lowest BCUT2D eigenvalue weighted by molar-refractivity contribution is -0.141. The second-order valence-electron chi connectivity index (χ2n) is 11.3. The Labute approximate surface area is 236 Å². The Morgan fingerprint density at radius 1 is 1.05 bits per heavy atom. The molecule has 1 fully saturated rings. The molecule has 0 spiro atoms. The number of benzene rings is 1. The van der Waals surface area contributed by atoms with Crippen molar-refractivity contribution in [3.63, 3.8) is 0 Å². The van der Waals surface area contributed by atoms with Crippen LogP contribution in [0.25, 0.3) is 0 Å². The Balaban J connectivity index is 1.42. The fourth-order valence-electron chi connectivity index (χ4n) is 4.91. The number of ether oxygens (including phenoxy) is 2. The molecule has 4 rings (SSSR count). The van der Waals surface area contributed by atoms with E-state index in [1.54, 1.807) is 17.3 Å². The molecule has 1 aromatic carbocycles. The number of aryl methyl sites for hydroxylation is 1. The van der Waals surface area contributed by atoms with Crippen molar-refractivity contribution in [2.24, 2.45) is 0 Å². The number of nitrogens with one attached hydrogen (secondary N) is 1. The summed E-state index contributed by atoms with van der Waals surface area (Å²) in [5.41, 5.74) is 4.14. The van der Waals surface area contributed by atoms with E-state index < -0.39 is 5.60 Å². The van der Waals surface area contributed by atoms with Crippen molar-refractivity contribution in [2.75, 3.05) is 25.5 Å². The molecule has 0 saturated carbocycles. The summed E-state index contributed by atoms with van der Waals surface area (Å²) in [5.74, 6) is 0.311. The summed E-state index contributed by atoms with van der Waals surface area (Å²) in [6.45, 7) is 8.90. The average Bonchev–Trinajstić information content (AvgIpc) is 2.94. The molecule has 2 aromatic heterocycles. The van der Waals surface area contributed by atoms with Gasteiger partial charge in [0.25, 0.3) is 0 Å². The first-order valence-corrected chi connectivity index (χ1v) is 13.8. The number of pyridine rings is 1. The van der Waals surface area contributed by atoms with Crippen LogP contribution in [-0.2, 0) is 20.7 Å². The van der Waals surface area contributed by atoms with Gasteiger partial charge in [-0.05, 0) is 70.2 Å². The van der Waals surface area contributed by atoms with Gasteiger partial charge < -0.3 is 19.7 Å². The van der Waals surface area contributed by atoms with Gasteiger partial charge in [-0.2, -0.15) is 0 Å². The van der Waals surface area contributed by atoms with Crippen LogP contribution >= 0.6 is 0 Å². The number of aromatic nitrogens is 3. The Kier molecular flexibility index (Phi) is 9.34. The Morgan fingerprint density at radius 2 is 1.77 bits per heavy atom. The standard InChI is InChI=1S/C31H39N5O4/c1-21-19-33-29(35-28(21)24(18-27(37)39-5)17-22-9-7-6-8-10-22)34-25-11-12-26(32-20-25)23-13-15-36(16-14-23)30(38)40-31(2,3)4/h6-12,19-20,23-24H,13-18H2,1-5H3,(H,33,34,35). The molecule has 0 bridgehead atoms. The van der Waals surface area contributed by atoms with Crippen LogP contribution in [0.4, 0.5) is 16.4 Å². The number of methoxy groups -OCH3 is 1. The molecule has 212 valence electrons. The molecule has 1 N–H and O–H groups in total. The molecule has 9 nitrogen and oxygen atoms in total. The number of anilines is 2. The third-order valence-corrected chi connectivity index (χ3v) is 6.97. The Morgan fingerprint density at radius 3 is 2.40 bits per heavy atom. The Hall–Kier alpha value is -4.01. The second-order valence-corrected chi connectivity index (χ2v) is 11.3. The van der Waals surface area contributed by atoms with Gasteiger partial charge in [0.15, 0.2) is 0 Å². The smallest absolute Gasteiger partial charge is 0.410 e. The number of piperidine rings is 1. The first-order valence-electron chi connectivity index (χ1n) is 13.8. The first kappa shape index (κ1) is 29.0. The summed E-state index contributed by atoms with van der Waals surface area (Å²) >= 11 is 0. The fraction of sp³-hybridized carbons (Fsp3) is 0.452. The van der Waals surface area contributed by atoms with Crippen LogP contribution in [0.15, 0.2) is 54.9 Å². The quantitative estimate of drug-likeness (QED) is 0.347. The van der Waals surface area contributed by atoms with Crippen LogP contribution in [-0.4, -0.2) is 57.7 Å². The highest BCUT2D eigenvalue weighted by Gasteiger charge is 2.28. The summed E-state index contributed by atoms with van der Waals surface area (Å²) in [6, 6.07) is 14.0. The number of amides is 1. The number of likely N-dealkylation sites (tertiary alicyclic amines) is 1. The lowest BCUT2D eigenvalue weighted by Gasteiger charge is -2.33. The van der Waals surface area contributed by atoms with Crippen molar-refractivity contribution in [1.29, 1.82) is 0 Å². The van der Waals surface area contributed by atoms with Gasteiger partial charge in [-0.3, -0.25) is 9.78 Å². The summed E-state index contributed by atoms with van der Waals surface area (Å²) in [7, 11) is 1.41. The maximum Gasteiger partial charge on any atom is 0.410 e. The van der Waals surface area contributed by atoms with E-state index in [1.165, 1.54) is 7.11 Å². The van der Waals surface area contributed by atoms with Crippen LogP contribution in [0.1, 0.15) is 74.4 Å². The lowest BCUT2D eigenvalue weighted by Crippen LogP contribution is -2.41. The van der Waals surface area contributed by atoms with Crippen molar-refractivity contribution in [3.05, 3.63) is 77.4 Å². The second kappa shape index (κ2) is 12.9. The van der Waals surface area contributed by atoms with Crippen molar-refractivity contribution in [3.8, 4) is 0 Å². The number of nitrogens with zero attached hydrogens (tertiary/aromatic N) is 4. The fourth-order valence-corrected chi connectivity index (χ4v) is 4.91. The molecule has 1 aliphatic rings. The van der Waals surface area contributed by atoms with Crippen molar-refractivity contribution >= 4 is 23.7 Å². The van der Waals surface area contributed by atoms with Crippen molar-refractivity contribution in [1.82, 2.24) is 19.9 Å². The molecule has 3 heterocycles. The molecular formula is C31H39N5O4. The zero-order valence-corrected chi connectivity index (χ0v) is 24.0. The Bertz CT molecular complexity index is 1280. The molecule has 0 radical (unpaired) electrons. The number of carbonyl (C=O) groups is 2. The maximum atomic E-state index is 12.4. The molecule has 40 heavy (non-hydrogen) atoms. The number of hydrogen-bond acceptors (Lipinski definition) is 8. The normalized spacial score (nSPS) is 14.9. The first-order chi connectivity index (χ1) is 19.1. The van der Waals surface area contributed by atoms with Crippen LogP contribution in [0.5, 0.6) is 0 Å². The van der Waals surface area contributed by atoms with Gasteiger partial charge in [0, 0.05) is 36.8 Å². The van der Waals surface area contributed by atoms with E-state index in [0.29, 0.717) is 25.5 Å². The summed E-state index contributed by atoms with van der Waals surface area (Å²) in [5, 5.41) is 3.26. The van der Waals surface area contributed by atoms with E-state index in [0.717, 1.165) is 41.0 Å². The highest BCUT2D eigenvalue weighted by atomic mass is 16.6. The van der Waals surface area contributed by atoms with Gasteiger partial charge in [0.05, 0.1) is 31.1 Å². The lowest BCUT2D eigenvalue weighted by atomic mass is 9.91. The summed E-state index contributed by atoms with van der Waals surface area (Å²) in [6.07, 6.45) is 5.88. The molecule has 3 aromatic rings. The minimum atomic E-state index is -0.496. The third-order valence-electron chi connectivity index (χ3n) is 6.97. The highest BCUT2D eigenvalue weighted by Crippen LogP contribution is 2.30. The van der Waals surface area contributed by atoms with E-state index in [9.17, 15) is 9.59 Å². The predicted octanol–water partition coefficient (Wildman–Crippen LogP) is 5.93. The summed E-state index contributed by atoms with van der Waals surface area (Å²) < 4.78 is 10.5. The minimum absolute atomic E-state index is 0.148. The van der Waals surface area contributed by atoms with Crippen LogP contribution < -0.4 is 5.32 Å². The van der Waals surface area contributed by atoms with Crippen molar-refractivity contribution < 1.29 is 19.1 Å². The van der Waals surface area contributed by atoms with E-state index in [2.05, 4.69) is 22.4 Å². The van der Waals surface area contributed by atoms with Gasteiger partial charge in [-0.1, -0.05) is 30.3 Å². The monoisotopic (exact) mass is 545 g/mol. The SMILES string of the molecule is COC(=O)CC(Cc1ccccc1)c1nc(Nc2ccc(C3CCN(C(=O)OC(C)(C)C)CC3)nc2)ncc1C. The average molecular weight is 546 g/mol. The number of hydrogen-bond donors (Lipinski definition) is 1. The molecule has 1 aliphatic heterocycles. The molecule has 1 atom stereocenters. The van der Waals surface area contributed by atoms with Crippen LogP contribution in [0.2, 0.25) is 0 Å². The van der Waals surface area contributed by atoms with Crippen molar-refractivity contribution in [2.45, 2.75) is 70.8 Å². The van der Waals surface area contributed by atoms with E-state index in [1.807, 2.05) is 58.0 Å². The maximum absolute atomic E-state index is 12.4. The molecule has 9 heteroatoms. The van der Waals surface area contributed by atoms with Gasteiger partial charge >= 0.3 is 12.1 Å². The number of rotatable bonds is 8. The van der Waals surface area contributed by atoms with E-state index in [4.69, 9.17) is 19.4 Å². The molecule has 1 amide bonds. The van der Waals surface area contributed by atoms with E-state index >= 15 is 0 Å². The highest BCUT2D eigenvalue weighted by molar-refractivity contribution is 5.70. The van der Waals surface area contributed by atoms with Crippen LogP contribution in [0.3, 0.4) is 0 Å². The molecular weight excluding hydrogens is 506 g/mol. The molecule has 1 unspecified atom stereocenters. The number of carbonyl (C=O) groups excluding carboxylic acids is 2. The van der Waals surface area contributed by atoms with Gasteiger partial charge in [-0.15, -0.1) is 0 Å². The zero-order valence-electron chi connectivity index (χ0n) is 24.0. The summed E-state index contributed by atoms with van der Waals surface area (Å²) in [4.78, 5) is 40.3. The zero-order chi connectivity index (χ0) is 28.7. The molecule has 1 saturated heterocycles. The molecule has 0 aliphatic carbocycles. The minimum Gasteiger partial charge on any atom is -0.469 e. The third kappa shape index (κ3) is 8.00. The van der Waals surface area contributed by atoms with Gasteiger partial charge in [0.2, 0.25) is 5.95 Å². The van der Waals surface area contributed by atoms with E-state index in [-0.39, 0.29) is 30.3 Å². The predicted molar refractivity (Wildman–Crippen MR) is 154 cm³/mol. The topological polar surface area (TPSA) is 107 Å². The largest absolute Gasteiger partial charge is 0.469 e. The van der Waals surface area contributed by atoms with Gasteiger partial charge in [0.1, 0.15) is 5.60 Å². The number of esters is 1.